The summed E-state index contributed by atoms with van der Waals surface area (Å²) in [4.78, 5) is 14.2. The Hall–Kier alpha value is -2.74. The van der Waals surface area contributed by atoms with Gasteiger partial charge >= 0.3 is 6.18 Å². The number of alkyl halides is 3. The van der Waals surface area contributed by atoms with Crippen molar-refractivity contribution in [3.8, 4) is 11.5 Å². The fourth-order valence-corrected chi connectivity index (χ4v) is 2.82. The number of carbonyl (C=O) groups excluding carboxylic acids is 1. The lowest BCUT2D eigenvalue weighted by atomic mass is 10.2. The molecule has 5 nitrogen and oxygen atoms in total. The Labute approximate surface area is 161 Å². The van der Waals surface area contributed by atoms with E-state index in [4.69, 9.17) is 9.47 Å². The minimum absolute atomic E-state index is 0.235. The summed E-state index contributed by atoms with van der Waals surface area (Å²) in [6, 6.07) is 11.2. The van der Waals surface area contributed by atoms with Gasteiger partial charge in [-0.05, 0) is 50.4 Å². The molecule has 0 unspecified atom stereocenters. The predicted octanol–water partition coefficient (Wildman–Crippen LogP) is 3.80. The van der Waals surface area contributed by atoms with Crippen molar-refractivity contribution in [2.45, 2.75) is 25.2 Å². The highest BCUT2D eigenvalue weighted by Gasteiger charge is 2.30. The van der Waals surface area contributed by atoms with Crippen LogP contribution in [-0.2, 0) is 11.0 Å². The molecule has 0 spiro atoms. The van der Waals surface area contributed by atoms with Gasteiger partial charge in [-0.25, -0.2) is 0 Å². The average Bonchev–Trinajstić information content (AvgIpc) is 2.67. The molecule has 3 rings (SSSR count). The van der Waals surface area contributed by atoms with Gasteiger partial charge < -0.3 is 14.8 Å². The number of likely N-dealkylation sites (N-methyl/N-ethyl adjacent to an activating group) is 1. The molecule has 0 saturated heterocycles. The zero-order valence-corrected chi connectivity index (χ0v) is 15.5. The lowest BCUT2D eigenvalue weighted by Crippen LogP contribution is -2.46. The van der Waals surface area contributed by atoms with Crippen LogP contribution in [0.1, 0.15) is 12.5 Å². The molecule has 1 amide bonds. The maximum atomic E-state index is 12.6. The van der Waals surface area contributed by atoms with Gasteiger partial charge in [0.25, 0.3) is 0 Å². The number of para-hydroxylation sites is 2. The monoisotopic (exact) mass is 394 g/mol. The Kier molecular flexibility index (Phi) is 5.79. The number of halogens is 3. The van der Waals surface area contributed by atoms with Gasteiger partial charge in [-0.2, -0.15) is 13.2 Å². The van der Waals surface area contributed by atoms with Crippen molar-refractivity contribution in [3.05, 3.63) is 54.1 Å². The number of amides is 1. The van der Waals surface area contributed by atoms with Crippen molar-refractivity contribution >= 4 is 11.6 Å². The molecule has 0 radical (unpaired) electrons. The highest BCUT2D eigenvalue weighted by Crippen LogP contribution is 2.31. The molecule has 0 fully saturated rings. The molecule has 2 atom stereocenters. The van der Waals surface area contributed by atoms with Crippen LogP contribution in [0.15, 0.2) is 48.5 Å². The van der Waals surface area contributed by atoms with Crippen LogP contribution in [0.3, 0.4) is 0 Å². The molecule has 2 aromatic carbocycles. The molecule has 2 aromatic rings. The van der Waals surface area contributed by atoms with Gasteiger partial charge in [-0.3, -0.25) is 9.69 Å². The van der Waals surface area contributed by atoms with Crippen molar-refractivity contribution in [2.24, 2.45) is 0 Å². The average molecular weight is 394 g/mol. The Morgan fingerprint density at radius 3 is 2.46 bits per heavy atom. The maximum absolute atomic E-state index is 12.6. The molecule has 1 aliphatic rings. The van der Waals surface area contributed by atoms with E-state index in [1.807, 2.05) is 24.3 Å². The second kappa shape index (κ2) is 8.10. The summed E-state index contributed by atoms with van der Waals surface area (Å²) < 4.78 is 49.4. The summed E-state index contributed by atoms with van der Waals surface area (Å²) in [6.45, 7) is 2.54. The Morgan fingerprint density at radius 2 is 1.82 bits per heavy atom. The van der Waals surface area contributed by atoms with E-state index >= 15 is 0 Å². The minimum Gasteiger partial charge on any atom is -0.486 e. The molecule has 0 aromatic heterocycles. The molecule has 1 N–H and O–H groups in total. The molecule has 0 saturated carbocycles. The van der Waals surface area contributed by atoms with E-state index in [-0.39, 0.29) is 12.0 Å². The van der Waals surface area contributed by atoms with Crippen molar-refractivity contribution in [2.75, 3.05) is 25.5 Å². The van der Waals surface area contributed by atoms with E-state index in [1.54, 1.807) is 18.9 Å². The lowest BCUT2D eigenvalue weighted by molar-refractivity contribution is -0.137. The Balaban J connectivity index is 1.54. The number of ether oxygens (including phenoxy) is 2. The summed E-state index contributed by atoms with van der Waals surface area (Å²) in [5.74, 6) is 1.03. The second-order valence-corrected chi connectivity index (χ2v) is 6.68. The van der Waals surface area contributed by atoms with Crippen molar-refractivity contribution in [3.63, 3.8) is 0 Å². The molecule has 8 heteroatoms. The number of carbonyl (C=O) groups is 1. The van der Waals surface area contributed by atoms with Crippen LogP contribution in [0.4, 0.5) is 18.9 Å². The number of hydrogen-bond donors (Lipinski definition) is 1. The van der Waals surface area contributed by atoms with Gasteiger partial charge in [0.05, 0.1) is 11.6 Å². The van der Waals surface area contributed by atoms with Crippen LogP contribution in [0.2, 0.25) is 0 Å². The number of nitrogens with one attached hydrogen (secondary N) is 1. The third-order valence-corrected chi connectivity index (χ3v) is 4.58. The van der Waals surface area contributed by atoms with E-state index in [0.29, 0.717) is 30.3 Å². The first-order valence-corrected chi connectivity index (χ1v) is 8.81. The fraction of sp³-hybridized carbons (Fsp3) is 0.350. The van der Waals surface area contributed by atoms with Crippen LogP contribution >= 0.6 is 0 Å². The smallest absolute Gasteiger partial charge is 0.416 e. The van der Waals surface area contributed by atoms with E-state index < -0.39 is 17.8 Å². The normalized spacial score (nSPS) is 17.3. The van der Waals surface area contributed by atoms with Gasteiger partial charge in [0.15, 0.2) is 11.5 Å². The van der Waals surface area contributed by atoms with E-state index in [0.717, 1.165) is 12.1 Å². The molecule has 1 aliphatic heterocycles. The molecule has 1 heterocycles. The Bertz CT molecular complexity index is 824. The van der Waals surface area contributed by atoms with Crippen LogP contribution in [0, 0.1) is 0 Å². The van der Waals surface area contributed by atoms with Gasteiger partial charge in [-0.1, -0.05) is 12.1 Å². The second-order valence-electron chi connectivity index (χ2n) is 6.68. The summed E-state index contributed by atoms with van der Waals surface area (Å²) >= 11 is 0. The molecular weight excluding hydrogens is 373 g/mol. The van der Waals surface area contributed by atoms with Crippen molar-refractivity contribution < 1.29 is 27.4 Å². The molecule has 28 heavy (non-hydrogen) atoms. The first kappa shape index (κ1) is 20.0. The SMILES string of the molecule is C[C@H](C(=O)Nc1ccc(C(F)(F)F)cc1)N(C)C[C@@H]1COc2ccccc2O1. The van der Waals surface area contributed by atoms with Gasteiger partial charge in [0.2, 0.25) is 5.91 Å². The van der Waals surface area contributed by atoms with Gasteiger partial charge in [0.1, 0.15) is 12.7 Å². The summed E-state index contributed by atoms with van der Waals surface area (Å²) in [7, 11) is 1.78. The number of benzene rings is 2. The number of nitrogens with zero attached hydrogens (tertiary/aromatic N) is 1. The highest BCUT2D eigenvalue weighted by molar-refractivity contribution is 5.94. The first-order valence-electron chi connectivity index (χ1n) is 8.81. The number of hydrogen-bond acceptors (Lipinski definition) is 4. The Morgan fingerprint density at radius 1 is 1.18 bits per heavy atom. The van der Waals surface area contributed by atoms with Crippen molar-refractivity contribution in [1.29, 1.82) is 0 Å². The fourth-order valence-electron chi connectivity index (χ4n) is 2.82. The topological polar surface area (TPSA) is 50.8 Å². The van der Waals surface area contributed by atoms with E-state index in [2.05, 4.69) is 5.32 Å². The van der Waals surface area contributed by atoms with Crippen molar-refractivity contribution in [1.82, 2.24) is 4.90 Å². The third kappa shape index (κ3) is 4.75. The molecule has 150 valence electrons. The number of rotatable bonds is 5. The van der Waals surface area contributed by atoms with Crippen LogP contribution in [0.25, 0.3) is 0 Å². The van der Waals surface area contributed by atoms with E-state index in [1.165, 1.54) is 12.1 Å². The number of anilines is 1. The van der Waals surface area contributed by atoms with Gasteiger partial charge in [-0.15, -0.1) is 0 Å². The minimum atomic E-state index is -4.41. The highest BCUT2D eigenvalue weighted by atomic mass is 19.4. The zero-order chi connectivity index (χ0) is 20.3. The lowest BCUT2D eigenvalue weighted by Gasteiger charge is -2.31. The quantitative estimate of drug-likeness (QED) is 0.838. The maximum Gasteiger partial charge on any atom is 0.416 e. The third-order valence-electron chi connectivity index (χ3n) is 4.58. The van der Waals surface area contributed by atoms with Gasteiger partial charge in [0, 0.05) is 12.2 Å². The largest absolute Gasteiger partial charge is 0.486 e. The molecule has 0 bridgehead atoms. The summed E-state index contributed by atoms with van der Waals surface area (Å²) in [5, 5.41) is 2.63. The first-order chi connectivity index (χ1) is 13.2. The van der Waals surface area contributed by atoms with Crippen LogP contribution in [0.5, 0.6) is 11.5 Å². The van der Waals surface area contributed by atoms with E-state index in [9.17, 15) is 18.0 Å². The van der Waals surface area contributed by atoms with Crippen LogP contribution < -0.4 is 14.8 Å². The molecular formula is C20H21F3N2O3. The summed E-state index contributed by atoms with van der Waals surface area (Å²) in [5.41, 5.74) is -0.449. The van der Waals surface area contributed by atoms with Crippen LogP contribution in [-0.4, -0.2) is 43.2 Å². The standard InChI is InChI=1S/C20H21F3N2O3/c1-13(19(26)24-15-9-7-14(8-10-15)20(21,22)23)25(2)11-16-12-27-17-5-3-4-6-18(17)28-16/h3-10,13,16H,11-12H2,1-2H3,(H,24,26)/t13-,16-/m1/s1. The zero-order valence-electron chi connectivity index (χ0n) is 15.5. The summed E-state index contributed by atoms with van der Waals surface area (Å²) in [6.07, 6.45) is -4.64. The predicted molar refractivity (Wildman–Crippen MR) is 98.5 cm³/mol. The number of fused-ring (bicyclic) bond motifs is 1. The molecule has 0 aliphatic carbocycles.